The van der Waals surface area contributed by atoms with E-state index >= 15 is 0 Å². The first-order valence-electron chi connectivity index (χ1n) is 3.87. The first-order chi connectivity index (χ1) is 6.41. The van der Waals surface area contributed by atoms with E-state index in [0.717, 1.165) is 11.3 Å². The molecule has 1 aromatic rings. The largest absolute Gasteiger partial charge is 0.414 e. The summed E-state index contributed by atoms with van der Waals surface area (Å²) in [6, 6.07) is 3.15. The van der Waals surface area contributed by atoms with Crippen molar-refractivity contribution >= 4 is 11.3 Å². The number of rotatable bonds is 3. The normalized spacial score (nSPS) is 15.5. The molecule has 0 saturated carbocycles. The number of thiophene rings is 1. The van der Waals surface area contributed by atoms with E-state index in [9.17, 15) is 18.3 Å². The van der Waals surface area contributed by atoms with Crippen LogP contribution in [0.4, 0.5) is 13.2 Å². The second kappa shape index (κ2) is 6.26. The van der Waals surface area contributed by atoms with Crippen molar-refractivity contribution in [2.45, 2.75) is 24.8 Å². The second-order valence-corrected chi connectivity index (χ2v) is 3.80. The molecule has 0 spiro atoms. The number of halogens is 3. The zero-order valence-corrected chi connectivity index (χ0v) is 12.5. The molecule has 2 unspecified atom stereocenters. The minimum Gasteiger partial charge on any atom is -0.387 e. The second-order valence-electron chi connectivity index (χ2n) is 2.82. The van der Waals surface area contributed by atoms with E-state index in [1.807, 2.05) is 0 Å². The molecule has 0 bridgehead atoms. The molecule has 0 amide bonds. The Hall–Kier alpha value is 0.462. The van der Waals surface area contributed by atoms with Crippen LogP contribution in [0.15, 0.2) is 17.5 Å². The molecule has 0 radical (unpaired) electrons. The monoisotopic (exact) mass is 464 g/mol. The topological polar surface area (TPSA) is 40.5 Å². The summed E-state index contributed by atoms with van der Waals surface area (Å²) in [5, 5.41) is 19.6. The third-order valence-electron chi connectivity index (χ3n) is 1.70. The molecule has 0 fully saturated rings. The maximum Gasteiger partial charge on any atom is 0.414 e. The number of aliphatic hydroxyl groups excluding tert-OH is 2. The van der Waals surface area contributed by atoms with Crippen LogP contribution in [-0.4, -0.2) is 22.5 Å². The third-order valence-corrected chi connectivity index (χ3v) is 2.67. The molecule has 15 heavy (non-hydrogen) atoms. The molecular weight excluding hydrogens is 455 g/mol. The molecule has 2 N–H and O–H groups in total. The van der Waals surface area contributed by atoms with Gasteiger partial charge in [0.1, 0.15) is 0 Å². The molecule has 84 valence electrons. The van der Waals surface area contributed by atoms with Gasteiger partial charge in [-0.15, -0.1) is 11.3 Å². The van der Waals surface area contributed by atoms with Crippen molar-refractivity contribution in [3.63, 3.8) is 0 Å². The summed E-state index contributed by atoms with van der Waals surface area (Å²) >= 11 is 1.16. The molecule has 0 aromatic carbocycles. The van der Waals surface area contributed by atoms with Gasteiger partial charge in [0.2, 0.25) is 0 Å². The average molecular weight is 464 g/mol. The van der Waals surface area contributed by atoms with E-state index in [2.05, 4.69) is 0 Å². The van der Waals surface area contributed by atoms with Crippen LogP contribution in [0, 0.1) is 31.1 Å². The van der Waals surface area contributed by atoms with Gasteiger partial charge in [-0.25, -0.2) is 0 Å². The van der Waals surface area contributed by atoms with Crippen molar-refractivity contribution in [2.75, 3.05) is 0 Å². The van der Waals surface area contributed by atoms with Gasteiger partial charge in [0.15, 0.2) is 6.10 Å². The fourth-order valence-electron chi connectivity index (χ4n) is 0.942. The summed E-state index contributed by atoms with van der Waals surface area (Å²) in [4.78, 5) is 0.424. The fourth-order valence-corrected chi connectivity index (χ4v) is 1.67. The van der Waals surface area contributed by atoms with E-state index in [4.69, 9.17) is 5.11 Å². The van der Waals surface area contributed by atoms with Gasteiger partial charge in [-0.3, -0.25) is 0 Å². The average Bonchev–Trinajstić information content (AvgIpc) is 2.53. The van der Waals surface area contributed by atoms with Crippen molar-refractivity contribution in [3.8, 4) is 0 Å². The molecule has 2 nitrogen and oxygen atoms in total. The predicted octanol–water partition coefficient (Wildman–Crippen LogP) is 2.09. The van der Waals surface area contributed by atoms with E-state index < -0.39 is 24.8 Å². The van der Waals surface area contributed by atoms with Gasteiger partial charge in [-0.1, -0.05) is 6.07 Å². The third kappa shape index (κ3) is 4.88. The van der Waals surface area contributed by atoms with E-state index in [-0.39, 0.29) is 31.1 Å². The van der Waals surface area contributed by atoms with Gasteiger partial charge in [-0.2, -0.15) is 13.2 Å². The van der Waals surface area contributed by atoms with Gasteiger partial charge < -0.3 is 10.2 Å². The molecule has 2 atom stereocenters. The number of alkyl halides is 3. The Morgan fingerprint density at radius 1 is 1.33 bits per heavy atom. The number of hydrogen-bond donors (Lipinski definition) is 2. The number of aliphatic hydroxyl groups is 2. The summed E-state index contributed by atoms with van der Waals surface area (Å²) in [7, 11) is 0. The van der Waals surface area contributed by atoms with Gasteiger partial charge in [-0.05, 0) is 11.4 Å². The summed E-state index contributed by atoms with van der Waals surface area (Å²) in [5.41, 5.74) is 0. The van der Waals surface area contributed by atoms with E-state index in [1.165, 1.54) is 6.07 Å². The molecule has 0 aliphatic rings. The first-order valence-corrected chi connectivity index (χ1v) is 4.75. The number of hydrogen-bond acceptors (Lipinski definition) is 3. The molecule has 7 heteroatoms. The quantitative estimate of drug-likeness (QED) is 0.720. The molecular formula is C8H9F3O2SU. The van der Waals surface area contributed by atoms with Crippen LogP contribution in [0.25, 0.3) is 0 Å². The summed E-state index contributed by atoms with van der Waals surface area (Å²) < 4.78 is 35.7. The van der Waals surface area contributed by atoms with Gasteiger partial charge in [0.25, 0.3) is 0 Å². The van der Waals surface area contributed by atoms with Crippen molar-refractivity contribution in [3.05, 3.63) is 22.4 Å². The Kier molecular flexibility index (Phi) is 6.45. The van der Waals surface area contributed by atoms with Crippen LogP contribution in [-0.2, 0) is 0 Å². The van der Waals surface area contributed by atoms with Crippen molar-refractivity contribution in [1.82, 2.24) is 0 Å². The molecule has 0 aliphatic carbocycles. The standard InChI is InChI=1S/C8H9F3O2S.U/c9-8(10,11)7(13)4-5(12)6-2-1-3-14-6;/h1-3,5,7,12-13H,4H2;. The zero-order chi connectivity index (χ0) is 10.8. The van der Waals surface area contributed by atoms with Crippen LogP contribution in [0.3, 0.4) is 0 Å². The predicted molar refractivity (Wildman–Crippen MR) is 46.0 cm³/mol. The molecule has 0 aliphatic heterocycles. The Morgan fingerprint density at radius 2 is 1.93 bits per heavy atom. The summed E-state index contributed by atoms with van der Waals surface area (Å²) in [5.74, 6) is 0. The Balaban J connectivity index is 0.00000196. The molecule has 1 aromatic heterocycles. The molecule has 0 saturated heterocycles. The molecule has 1 heterocycles. The van der Waals surface area contributed by atoms with Gasteiger partial charge in [0, 0.05) is 42.4 Å². The smallest absolute Gasteiger partial charge is 0.387 e. The van der Waals surface area contributed by atoms with Crippen LogP contribution in [0.5, 0.6) is 0 Å². The van der Waals surface area contributed by atoms with Crippen LogP contribution in [0.1, 0.15) is 17.4 Å². The fraction of sp³-hybridized carbons (Fsp3) is 0.500. The minimum absolute atomic E-state index is 0. The van der Waals surface area contributed by atoms with Crippen molar-refractivity contribution < 1.29 is 54.5 Å². The molecule has 1 rings (SSSR count). The van der Waals surface area contributed by atoms with Crippen molar-refractivity contribution in [2.24, 2.45) is 0 Å². The maximum absolute atomic E-state index is 11.9. The van der Waals surface area contributed by atoms with Gasteiger partial charge in [0.05, 0.1) is 6.10 Å². The van der Waals surface area contributed by atoms with Crippen LogP contribution < -0.4 is 0 Å². The van der Waals surface area contributed by atoms with Crippen LogP contribution >= 0.6 is 11.3 Å². The van der Waals surface area contributed by atoms with Crippen LogP contribution in [0.2, 0.25) is 0 Å². The summed E-state index contributed by atoms with van der Waals surface area (Å²) in [6.07, 6.45) is -9.12. The first kappa shape index (κ1) is 15.5. The maximum atomic E-state index is 11.9. The van der Waals surface area contributed by atoms with Gasteiger partial charge >= 0.3 is 6.18 Å². The Morgan fingerprint density at radius 3 is 2.33 bits per heavy atom. The van der Waals surface area contributed by atoms with E-state index in [1.54, 1.807) is 11.4 Å². The van der Waals surface area contributed by atoms with Crippen molar-refractivity contribution in [1.29, 1.82) is 0 Å². The SMILES string of the molecule is OC(CC(O)C(F)(F)F)c1cccs1.[U]. The van der Waals surface area contributed by atoms with E-state index in [0.29, 0.717) is 4.88 Å². The Labute approximate surface area is 112 Å². The summed E-state index contributed by atoms with van der Waals surface area (Å²) in [6.45, 7) is 0. The zero-order valence-electron chi connectivity index (χ0n) is 7.53. The minimum atomic E-state index is -4.67. The Bertz CT molecular complexity index is 276.